The number of rotatable bonds is 6. The number of ether oxygens (including phenoxy) is 3. The van der Waals surface area contributed by atoms with Crippen molar-refractivity contribution in [1.82, 2.24) is 4.98 Å². The van der Waals surface area contributed by atoms with Gasteiger partial charge >= 0.3 is 5.97 Å². The van der Waals surface area contributed by atoms with E-state index >= 15 is 0 Å². The van der Waals surface area contributed by atoms with Crippen LogP contribution in [-0.2, 0) is 33.1 Å². The second kappa shape index (κ2) is 8.89. The highest BCUT2D eigenvalue weighted by Crippen LogP contribution is 2.45. The zero-order valence-electron chi connectivity index (χ0n) is 19.1. The van der Waals surface area contributed by atoms with E-state index in [0.29, 0.717) is 23.5 Å². The maximum Gasteiger partial charge on any atom is 0.329 e. The van der Waals surface area contributed by atoms with E-state index in [0.717, 1.165) is 34.1 Å². The van der Waals surface area contributed by atoms with Crippen LogP contribution in [0.4, 0.5) is 0 Å². The van der Waals surface area contributed by atoms with Crippen LogP contribution in [0.25, 0.3) is 22.2 Å². The van der Waals surface area contributed by atoms with Gasteiger partial charge in [0.1, 0.15) is 19.0 Å². The molecule has 3 aromatic carbocycles. The summed E-state index contributed by atoms with van der Waals surface area (Å²) in [6, 6.07) is 23.7. The average Bonchev–Trinajstić information content (AvgIpc) is 3.01. The van der Waals surface area contributed by atoms with Crippen molar-refractivity contribution in [3.05, 3.63) is 95.1 Å². The van der Waals surface area contributed by atoms with Crippen LogP contribution < -0.4 is 4.74 Å². The summed E-state index contributed by atoms with van der Waals surface area (Å²) >= 11 is 0. The first kappa shape index (κ1) is 22.1. The lowest BCUT2D eigenvalue weighted by Crippen LogP contribution is -2.36. The fourth-order valence-electron chi connectivity index (χ4n) is 4.49. The standard InChI is InChI=1S/C28H25NO5/c1-3-18-8-11-24-19(14-18)9-12-25(29-24)20-10-13-26-23(15-20)28(32-2,34-17-27(30)31)22-7-5-4-6-21(22)16-33-26/h4-15H,3,16-17H2,1-2H3,(H,30,31). The third-order valence-electron chi connectivity index (χ3n) is 6.23. The molecule has 6 heteroatoms. The third-order valence-corrected chi connectivity index (χ3v) is 6.23. The van der Waals surface area contributed by atoms with Crippen LogP contribution >= 0.6 is 0 Å². The second-order valence-electron chi connectivity index (χ2n) is 8.24. The highest BCUT2D eigenvalue weighted by atomic mass is 16.7. The predicted molar refractivity (Wildman–Crippen MR) is 129 cm³/mol. The Balaban J connectivity index is 1.67. The number of aromatic nitrogens is 1. The average molecular weight is 456 g/mol. The fourth-order valence-corrected chi connectivity index (χ4v) is 4.49. The molecule has 0 saturated carbocycles. The number of benzene rings is 3. The SMILES string of the molecule is CCc1ccc2nc(-c3ccc4c(c3)C(OC)(OCC(=O)O)c3ccccc3CO4)ccc2c1. The molecule has 0 aliphatic carbocycles. The molecule has 1 N–H and O–H groups in total. The first-order valence-corrected chi connectivity index (χ1v) is 11.2. The molecule has 0 bridgehead atoms. The Morgan fingerprint density at radius 2 is 1.91 bits per heavy atom. The molecular weight excluding hydrogens is 430 g/mol. The van der Waals surface area contributed by atoms with Crippen molar-refractivity contribution in [3.63, 3.8) is 0 Å². The zero-order valence-corrected chi connectivity index (χ0v) is 19.1. The quantitative estimate of drug-likeness (QED) is 0.397. The number of hydrogen-bond donors (Lipinski definition) is 1. The first-order valence-electron chi connectivity index (χ1n) is 11.2. The van der Waals surface area contributed by atoms with Crippen LogP contribution in [0.1, 0.15) is 29.2 Å². The fraction of sp³-hybridized carbons (Fsp3) is 0.214. The Kier molecular flexibility index (Phi) is 5.77. The Hall–Kier alpha value is -3.74. The van der Waals surface area contributed by atoms with Crippen molar-refractivity contribution in [1.29, 1.82) is 0 Å². The van der Waals surface area contributed by atoms with Crippen LogP contribution in [0.2, 0.25) is 0 Å². The van der Waals surface area contributed by atoms with Crippen LogP contribution in [-0.4, -0.2) is 29.8 Å². The Labute approximate surface area is 197 Å². The normalized spacial score (nSPS) is 16.9. The van der Waals surface area contributed by atoms with E-state index in [4.69, 9.17) is 19.2 Å². The smallest absolute Gasteiger partial charge is 0.329 e. The minimum atomic E-state index is -1.44. The van der Waals surface area contributed by atoms with Gasteiger partial charge in [0.05, 0.1) is 16.8 Å². The number of carbonyl (C=O) groups is 1. The van der Waals surface area contributed by atoms with Crippen LogP contribution in [0, 0.1) is 0 Å². The lowest BCUT2D eigenvalue weighted by Gasteiger charge is -2.33. The minimum absolute atomic E-state index is 0.318. The van der Waals surface area contributed by atoms with Crippen LogP contribution in [0.3, 0.4) is 0 Å². The monoisotopic (exact) mass is 455 g/mol. The van der Waals surface area contributed by atoms with Crippen molar-refractivity contribution in [2.24, 2.45) is 0 Å². The molecule has 5 rings (SSSR count). The van der Waals surface area contributed by atoms with Crippen molar-refractivity contribution in [2.45, 2.75) is 25.7 Å². The molecule has 0 fully saturated rings. The molecule has 6 nitrogen and oxygen atoms in total. The van der Waals surface area contributed by atoms with Crippen LogP contribution in [0.15, 0.2) is 72.8 Å². The zero-order chi connectivity index (χ0) is 23.7. The van der Waals surface area contributed by atoms with Gasteiger partial charge in [0.2, 0.25) is 5.79 Å². The molecule has 34 heavy (non-hydrogen) atoms. The lowest BCUT2D eigenvalue weighted by molar-refractivity contribution is -0.208. The van der Waals surface area contributed by atoms with E-state index < -0.39 is 18.4 Å². The first-order chi connectivity index (χ1) is 16.5. The van der Waals surface area contributed by atoms with E-state index in [1.165, 1.54) is 12.7 Å². The maximum atomic E-state index is 11.4. The second-order valence-corrected chi connectivity index (χ2v) is 8.24. The highest BCUT2D eigenvalue weighted by Gasteiger charge is 2.42. The number of fused-ring (bicyclic) bond motifs is 3. The molecule has 1 atom stereocenters. The molecule has 172 valence electrons. The summed E-state index contributed by atoms with van der Waals surface area (Å²) in [6.45, 7) is 1.92. The Morgan fingerprint density at radius 3 is 2.71 bits per heavy atom. The number of aryl methyl sites for hydroxylation is 1. The van der Waals surface area contributed by atoms with Crippen LogP contribution in [0.5, 0.6) is 5.75 Å². The Bertz CT molecular complexity index is 1380. The van der Waals surface area contributed by atoms with Gasteiger partial charge in [-0.3, -0.25) is 0 Å². The number of pyridine rings is 1. The van der Waals surface area contributed by atoms with Crippen molar-refractivity contribution in [2.75, 3.05) is 13.7 Å². The van der Waals surface area contributed by atoms with E-state index in [9.17, 15) is 9.90 Å². The van der Waals surface area contributed by atoms with Gasteiger partial charge < -0.3 is 19.3 Å². The molecule has 4 aromatic rings. The molecule has 1 aliphatic rings. The van der Waals surface area contributed by atoms with Gasteiger partial charge in [-0.2, -0.15) is 0 Å². The summed E-state index contributed by atoms with van der Waals surface area (Å²) in [5.74, 6) is -1.95. The highest BCUT2D eigenvalue weighted by molar-refractivity contribution is 5.82. The van der Waals surface area contributed by atoms with E-state index in [1.807, 2.05) is 54.6 Å². The minimum Gasteiger partial charge on any atom is -0.488 e. The van der Waals surface area contributed by atoms with Gasteiger partial charge in [0.15, 0.2) is 0 Å². The molecule has 0 saturated heterocycles. The van der Waals surface area contributed by atoms with Gasteiger partial charge in [0, 0.05) is 23.6 Å². The molecule has 1 unspecified atom stereocenters. The molecule has 2 heterocycles. The van der Waals surface area contributed by atoms with Crippen molar-refractivity contribution >= 4 is 16.9 Å². The lowest BCUT2D eigenvalue weighted by atomic mass is 9.91. The van der Waals surface area contributed by atoms with Crippen molar-refractivity contribution < 1.29 is 24.1 Å². The summed E-state index contributed by atoms with van der Waals surface area (Å²) < 4.78 is 18.0. The number of aliphatic carboxylic acids is 1. The molecule has 1 aromatic heterocycles. The van der Waals surface area contributed by atoms with Crippen molar-refractivity contribution in [3.8, 4) is 17.0 Å². The van der Waals surface area contributed by atoms with Gasteiger partial charge in [-0.1, -0.05) is 43.3 Å². The summed E-state index contributed by atoms with van der Waals surface area (Å²) in [6.07, 6.45) is 0.972. The molecule has 0 radical (unpaired) electrons. The summed E-state index contributed by atoms with van der Waals surface area (Å²) in [4.78, 5) is 16.3. The number of methoxy groups -OCH3 is 1. The number of nitrogens with zero attached hydrogens (tertiary/aromatic N) is 1. The largest absolute Gasteiger partial charge is 0.488 e. The summed E-state index contributed by atoms with van der Waals surface area (Å²) in [7, 11) is 1.51. The summed E-state index contributed by atoms with van der Waals surface area (Å²) in [5, 5.41) is 10.5. The number of carboxylic acids is 1. The predicted octanol–water partition coefficient (Wildman–Crippen LogP) is 5.31. The van der Waals surface area contributed by atoms with E-state index in [-0.39, 0.29) is 0 Å². The molecule has 1 aliphatic heterocycles. The topological polar surface area (TPSA) is 77.9 Å². The van der Waals surface area contributed by atoms with E-state index in [1.54, 1.807) is 0 Å². The molecular formula is C28H25NO5. The van der Waals surface area contributed by atoms with Gasteiger partial charge in [-0.05, 0) is 53.9 Å². The van der Waals surface area contributed by atoms with Gasteiger partial charge in [0.25, 0.3) is 0 Å². The number of hydrogen-bond acceptors (Lipinski definition) is 5. The molecule has 0 amide bonds. The van der Waals surface area contributed by atoms with Gasteiger partial charge in [-0.15, -0.1) is 0 Å². The summed E-state index contributed by atoms with van der Waals surface area (Å²) in [5.41, 5.74) is 6.00. The van der Waals surface area contributed by atoms with E-state index in [2.05, 4.69) is 25.1 Å². The third kappa shape index (κ3) is 3.81. The Morgan fingerprint density at radius 1 is 1.06 bits per heavy atom. The van der Waals surface area contributed by atoms with Gasteiger partial charge in [-0.25, -0.2) is 9.78 Å². The molecule has 0 spiro atoms. The number of carboxylic acid groups (broad SMARTS) is 1. The maximum absolute atomic E-state index is 11.4.